The van der Waals surface area contributed by atoms with Crippen LogP contribution in [0.2, 0.25) is 0 Å². The van der Waals surface area contributed by atoms with Gasteiger partial charge in [0.15, 0.2) is 0 Å². The summed E-state index contributed by atoms with van der Waals surface area (Å²) in [6.07, 6.45) is 2.82. The number of hydrogen-bond acceptors (Lipinski definition) is 3. The molecule has 0 aliphatic carbocycles. The molecule has 0 saturated heterocycles. The van der Waals surface area contributed by atoms with Gasteiger partial charge in [-0.3, -0.25) is 9.48 Å². The van der Waals surface area contributed by atoms with E-state index in [4.69, 9.17) is 0 Å². The lowest BCUT2D eigenvalue weighted by Crippen LogP contribution is -2.13. The number of amides is 1. The number of para-hydroxylation sites is 1. The zero-order valence-corrected chi connectivity index (χ0v) is 13.5. The van der Waals surface area contributed by atoms with Crippen molar-refractivity contribution >= 4 is 23.4 Å². The first kappa shape index (κ1) is 15.6. The van der Waals surface area contributed by atoms with Crippen LogP contribution in [0.4, 0.5) is 5.69 Å². The molecule has 0 unspecified atom stereocenters. The largest absolute Gasteiger partial charge is 0.321 e. The van der Waals surface area contributed by atoms with E-state index in [9.17, 15) is 4.79 Å². The monoisotopic (exact) mass is 303 g/mol. The molecule has 0 aliphatic rings. The topological polar surface area (TPSA) is 46.9 Å². The van der Waals surface area contributed by atoms with Gasteiger partial charge in [-0.05, 0) is 31.2 Å². The number of benzene rings is 1. The average molecular weight is 303 g/mol. The molecule has 112 valence electrons. The van der Waals surface area contributed by atoms with Crippen LogP contribution >= 0.6 is 11.8 Å². The molecule has 1 amide bonds. The lowest BCUT2D eigenvalue weighted by atomic mass is 10.2. The fourth-order valence-electron chi connectivity index (χ4n) is 2.13. The molecule has 21 heavy (non-hydrogen) atoms. The van der Waals surface area contributed by atoms with Crippen LogP contribution in [0.25, 0.3) is 0 Å². The number of carbonyl (C=O) groups is 1. The number of nitrogens with one attached hydrogen (secondary N) is 1. The van der Waals surface area contributed by atoms with E-state index >= 15 is 0 Å². The van der Waals surface area contributed by atoms with Crippen molar-refractivity contribution in [3.63, 3.8) is 0 Å². The molecule has 0 spiro atoms. The predicted octanol–water partition coefficient (Wildman–Crippen LogP) is 3.97. The fraction of sp³-hybridized carbons (Fsp3) is 0.375. The SMILES string of the molecule is CCCn1cc(C(=O)Nc2ccccc2SCC)c(C)n1. The summed E-state index contributed by atoms with van der Waals surface area (Å²) in [5.41, 5.74) is 2.26. The molecule has 2 aromatic rings. The van der Waals surface area contributed by atoms with Gasteiger partial charge in [0.2, 0.25) is 0 Å². The second kappa shape index (κ2) is 7.31. The van der Waals surface area contributed by atoms with E-state index in [0.29, 0.717) is 5.56 Å². The van der Waals surface area contributed by atoms with Crippen molar-refractivity contribution in [1.29, 1.82) is 0 Å². The van der Waals surface area contributed by atoms with Gasteiger partial charge in [-0.25, -0.2) is 0 Å². The lowest BCUT2D eigenvalue weighted by Gasteiger charge is -2.09. The van der Waals surface area contributed by atoms with Gasteiger partial charge in [0, 0.05) is 17.6 Å². The molecule has 1 aromatic carbocycles. The predicted molar refractivity (Wildman–Crippen MR) is 88.0 cm³/mol. The fourth-order valence-corrected chi connectivity index (χ4v) is 2.89. The van der Waals surface area contributed by atoms with Gasteiger partial charge in [-0.15, -0.1) is 11.8 Å². The highest BCUT2D eigenvalue weighted by molar-refractivity contribution is 7.99. The van der Waals surface area contributed by atoms with Gasteiger partial charge in [-0.1, -0.05) is 26.0 Å². The molecule has 5 heteroatoms. The maximum atomic E-state index is 12.4. The van der Waals surface area contributed by atoms with Gasteiger partial charge in [-0.2, -0.15) is 5.10 Å². The molecule has 0 bridgehead atoms. The summed E-state index contributed by atoms with van der Waals surface area (Å²) in [7, 11) is 0. The summed E-state index contributed by atoms with van der Waals surface area (Å²) < 4.78 is 1.83. The lowest BCUT2D eigenvalue weighted by molar-refractivity contribution is 0.102. The minimum Gasteiger partial charge on any atom is -0.321 e. The van der Waals surface area contributed by atoms with Crippen LogP contribution in [-0.4, -0.2) is 21.4 Å². The zero-order valence-electron chi connectivity index (χ0n) is 12.7. The Morgan fingerprint density at radius 2 is 2.10 bits per heavy atom. The van der Waals surface area contributed by atoms with Crippen LogP contribution in [0.3, 0.4) is 0 Å². The van der Waals surface area contributed by atoms with Gasteiger partial charge in [0.25, 0.3) is 5.91 Å². The Labute approximate surface area is 129 Å². The van der Waals surface area contributed by atoms with Crippen LogP contribution in [-0.2, 0) is 6.54 Å². The minimum atomic E-state index is -0.0981. The Balaban J connectivity index is 2.18. The zero-order chi connectivity index (χ0) is 15.2. The first-order valence-corrected chi connectivity index (χ1v) is 8.21. The Morgan fingerprint density at radius 1 is 1.33 bits per heavy atom. The molecule has 0 atom stereocenters. The maximum Gasteiger partial charge on any atom is 0.259 e. The maximum absolute atomic E-state index is 12.4. The van der Waals surface area contributed by atoms with Crippen molar-refractivity contribution in [2.45, 2.75) is 38.6 Å². The van der Waals surface area contributed by atoms with E-state index in [1.54, 1.807) is 11.8 Å². The molecule has 1 heterocycles. The summed E-state index contributed by atoms with van der Waals surface area (Å²) in [5.74, 6) is 0.874. The summed E-state index contributed by atoms with van der Waals surface area (Å²) in [4.78, 5) is 13.5. The second-order valence-electron chi connectivity index (χ2n) is 4.77. The molecule has 0 fully saturated rings. The number of aromatic nitrogens is 2. The normalized spacial score (nSPS) is 10.6. The summed E-state index contributed by atoms with van der Waals surface area (Å²) in [5, 5.41) is 7.37. The number of anilines is 1. The third-order valence-corrected chi connectivity index (χ3v) is 4.03. The molecule has 0 radical (unpaired) electrons. The van der Waals surface area contributed by atoms with Crippen molar-refractivity contribution in [3.8, 4) is 0 Å². The quantitative estimate of drug-likeness (QED) is 0.821. The Hall–Kier alpha value is -1.75. The number of hydrogen-bond donors (Lipinski definition) is 1. The van der Waals surface area contributed by atoms with Crippen LogP contribution in [0.15, 0.2) is 35.4 Å². The van der Waals surface area contributed by atoms with E-state index in [1.807, 2.05) is 42.1 Å². The average Bonchev–Trinajstić information content (AvgIpc) is 2.83. The third-order valence-electron chi connectivity index (χ3n) is 3.08. The summed E-state index contributed by atoms with van der Waals surface area (Å²) in [6, 6.07) is 7.87. The molecular formula is C16H21N3OS. The van der Waals surface area contributed by atoms with Crippen molar-refractivity contribution in [3.05, 3.63) is 41.7 Å². The number of aryl methyl sites for hydroxylation is 2. The van der Waals surface area contributed by atoms with Crippen LogP contribution < -0.4 is 5.32 Å². The van der Waals surface area contributed by atoms with Crippen LogP contribution in [0.1, 0.15) is 36.3 Å². The summed E-state index contributed by atoms with van der Waals surface area (Å²) in [6.45, 7) is 6.89. The smallest absolute Gasteiger partial charge is 0.259 e. The van der Waals surface area contributed by atoms with E-state index in [0.717, 1.165) is 35.0 Å². The van der Waals surface area contributed by atoms with Gasteiger partial charge in [0.05, 0.1) is 16.9 Å². The number of thioether (sulfide) groups is 1. The molecule has 2 rings (SSSR count). The number of rotatable bonds is 6. The van der Waals surface area contributed by atoms with Crippen LogP contribution in [0.5, 0.6) is 0 Å². The summed E-state index contributed by atoms with van der Waals surface area (Å²) >= 11 is 1.72. The Bertz CT molecular complexity index is 622. The minimum absolute atomic E-state index is 0.0981. The standard InChI is InChI=1S/C16H21N3OS/c1-4-10-19-11-13(12(3)18-19)16(20)17-14-8-6-7-9-15(14)21-5-2/h6-9,11H,4-5,10H2,1-3H3,(H,17,20). The van der Waals surface area contributed by atoms with Crippen molar-refractivity contribution in [1.82, 2.24) is 9.78 Å². The third kappa shape index (κ3) is 3.88. The molecule has 0 saturated carbocycles. The van der Waals surface area contributed by atoms with E-state index in [1.165, 1.54) is 0 Å². The van der Waals surface area contributed by atoms with Gasteiger partial charge >= 0.3 is 0 Å². The number of nitrogens with zero attached hydrogens (tertiary/aromatic N) is 2. The highest BCUT2D eigenvalue weighted by Gasteiger charge is 2.14. The second-order valence-corrected chi connectivity index (χ2v) is 6.08. The van der Waals surface area contributed by atoms with Crippen molar-refractivity contribution in [2.24, 2.45) is 0 Å². The van der Waals surface area contributed by atoms with Gasteiger partial charge < -0.3 is 5.32 Å². The number of carbonyl (C=O) groups excluding carboxylic acids is 1. The van der Waals surface area contributed by atoms with E-state index < -0.39 is 0 Å². The Kier molecular flexibility index (Phi) is 5.44. The van der Waals surface area contributed by atoms with Crippen molar-refractivity contribution in [2.75, 3.05) is 11.1 Å². The molecule has 1 N–H and O–H groups in total. The van der Waals surface area contributed by atoms with Crippen LogP contribution in [0, 0.1) is 6.92 Å². The Morgan fingerprint density at radius 3 is 2.81 bits per heavy atom. The van der Waals surface area contributed by atoms with E-state index in [-0.39, 0.29) is 5.91 Å². The molecule has 0 aliphatic heterocycles. The molecular weight excluding hydrogens is 282 g/mol. The van der Waals surface area contributed by atoms with E-state index in [2.05, 4.69) is 24.3 Å². The van der Waals surface area contributed by atoms with Crippen molar-refractivity contribution < 1.29 is 4.79 Å². The molecule has 4 nitrogen and oxygen atoms in total. The molecule has 1 aromatic heterocycles. The highest BCUT2D eigenvalue weighted by atomic mass is 32.2. The first-order valence-electron chi connectivity index (χ1n) is 7.23. The van der Waals surface area contributed by atoms with Gasteiger partial charge in [0.1, 0.15) is 0 Å². The highest BCUT2D eigenvalue weighted by Crippen LogP contribution is 2.27. The first-order chi connectivity index (χ1) is 10.2.